The highest BCUT2D eigenvalue weighted by molar-refractivity contribution is 5.81. The molecule has 1 aliphatic rings. The van der Waals surface area contributed by atoms with Crippen LogP contribution in [0.2, 0.25) is 0 Å². The molecule has 0 amide bonds. The van der Waals surface area contributed by atoms with Gasteiger partial charge >= 0.3 is 5.97 Å². The molecular weight excluding hydrogens is 204 g/mol. The lowest BCUT2D eigenvalue weighted by Crippen LogP contribution is -2.60. The van der Waals surface area contributed by atoms with Crippen LogP contribution in [0.5, 0.6) is 0 Å². The van der Waals surface area contributed by atoms with E-state index in [9.17, 15) is 4.79 Å². The van der Waals surface area contributed by atoms with E-state index in [2.05, 4.69) is 24.5 Å². The van der Waals surface area contributed by atoms with Crippen LogP contribution < -0.4 is 10.6 Å². The molecule has 0 aliphatic carbocycles. The quantitative estimate of drug-likeness (QED) is 0.691. The zero-order valence-electron chi connectivity index (χ0n) is 10.6. The number of rotatable bonds is 5. The van der Waals surface area contributed by atoms with Gasteiger partial charge in [0.15, 0.2) is 0 Å². The molecule has 0 aromatic carbocycles. The third-order valence-electron chi connectivity index (χ3n) is 3.26. The van der Waals surface area contributed by atoms with Crippen molar-refractivity contribution in [1.29, 1.82) is 0 Å². The molecule has 94 valence electrons. The molecule has 1 rings (SSSR count). The summed E-state index contributed by atoms with van der Waals surface area (Å²) in [5, 5.41) is 6.73. The fourth-order valence-corrected chi connectivity index (χ4v) is 2.10. The number of piperidine rings is 1. The Balaban J connectivity index is 2.70. The van der Waals surface area contributed by atoms with Gasteiger partial charge in [0, 0.05) is 6.04 Å². The minimum Gasteiger partial charge on any atom is -0.465 e. The molecule has 1 atom stereocenters. The highest BCUT2D eigenvalue weighted by atomic mass is 16.5. The van der Waals surface area contributed by atoms with E-state index in [1.54, 1.807) is 0 Å². The lowest BCUT2D eigenvalue weighted by molar-refractivity contribution is -0.153. The summed E-state index contributed by atoms with van der Waals surface area (Å²) in [6.45, 7) is 8.30. The normalized spacial score (nSPS) is 21.4. The standard InChI is InChI=1S/C12H24N2O2/c1-4-10(3)14-12(11(15)16-5-2)6-8-13-9-7-12/h10,13-14H,4-9H2,1-3H3. The molecule has 1 unspecified atom stereocenters. The molecule has 4 heteroatoms. The van der Waals surface area contributed by atoms with Gasteiger partial charge in [-0.3, -0.25) is 10.1 Å². The van der Waals surface area contributed by atoms with Crippen LogP contribution in [0.4, 0.5) is 0 Å². The van der Waals surface area contributed by atoms with Crippen molar-refractivity contribution in [3.63, 3.8) is 0 Å². The second kappa shape index (κ2) is 6.21. The van der Waals surface area contributed by atoms with Crippen molar-refractivity contribution < 1.29 is 9.53 Å². The number of carbonyl (C=O) groups excluding carboxylic acids is 1. The summed E-state index contributed by atoms with van der Waals surface area (Å²) in [7, 11) is 0. The Morgan fingerprint density at radius 1 is 1.44 bits per heavy atom. The number of esters is 1. The first-order chi connectivity index (χ1) is 7.64. The van der Waals surface area contributed by atoms with Crippen LogP contribution in [-0.2, 0) is 9.53 Å². The van der Waals surface area contributed by atoms with E-state index in [0.717, 1.165) is 32.4 Å². The Labute approximate surface area is 98.1 Å². The van der Waals surface area contributed by atoms with Crippen LogP contribution >= 0.6 is 0 Å². The third-order valence-corrected chi connectivity index (χ3v) is 3.26. The zero-order valence-corrected chi connectivity index (χ0v) is 10.6. The minimum absolute atomic E-state index is 0.0863. The topological polar surface area (TPSA) is 50.4 Å². The van der Waals surface area contributed by atoms with Crippen LogP contribution in [0.1, 0.15) is 40.0 Å². The number of nitrogens with one attached hydrogen (secondary N) is 2. The van der Waals surface area contributed by atoms with Gasteiger partial charge in [-0.15, -0.1) is 0 Å². The molecule has 0 spiro atoms. The Bertz CT molecular complexity index is 225. The Morgan fingerprint density at radius 2 is 2.06 bits per heavy atom. The summed E-state index contributed by atoms with van der Waals surface area (Å²) in [5.74, 6) is -0.0863. The number of carbonyl (C=O) groups is 1. The third kappa shape index (κ3) is 3.19. The van der Waals surface area contributed by atoms with E-state index in [1.165, 1.54) is 0 Å². The summed E-state index contributed by atoms with van der Waals surface area (Å²) in [6, 6.07) is 0.350. The highest BCUT2D eigenvalue weighted by Gasteiger charge is 2.41. The summed E-state index contributed by atoms with van der Waals surface area (Å²) in [6.07, 6.45) is 2.65. The molecule has 0 saturated carbocycles. The Kier molecular flexibility index (Phi) is 5.22. The number of hydrogen-bond donors (Lipinski definition) is 2. The molecule has 1 saturated heterocycles. The molecule has 1 heterocycles. The average Bonchev–Trinajstić information content (AvgIpc) is 2.30. The zero-order chi connectivity index (χ0) is 12.0. The largest absolute Gasteiger partial charge is 0.465 e. The van der Waals surface area contributed by atoms with E-state index in [4.69, 9.17) is 4.74 Å². The van der Waals surface area contributed by atoms with Gasteiger partial charge in [0.25, 0.3) is 0 Å². The predicted molar refractivity (Wildman–Crippen MR) is 64.4 cm³/mol. The van der Waals surface area contributed by atoms with E-state index in [-0.39, 0.29) is 5.97 Å². The van der Waals surface area contributed by atoms with Crippen molar-refractivity contribution in [3.05, 3.63) is 0 Å². The lowest BCUT2D eigenvalue weighted by atomic mass is 9.87. The van der Waals surface area contributed by atoms with Gasteiger partial charge in [0.1, 0.15) is 5.54 Å². The van der Waals surface area contributed by atoms with Crippen molar-refractivity contribution in [1.82, 2.24) is 10.6 Å². The van der Waals surface area contributed by atoms with Gasteiger partial charge < -0.3 is 10.1 Å². The van der Waals surface area contributed by atoms with E-state index in [1.807, 2.05) is 6.92 Å². The average molecular weight is 228 g/mol. The molecule has 1 aliphatic heterocycles. The van der Waals surface area contributed by atoms with Crippen molar-refractivity contribution in [2.24, 2.45) is 0 Å². The van der Waals surface area contributed by atoms with Crippen molar-refractivity contribution in [2.45, 2.75) is 51.6 Å². The van der Waals surface area contributed by atoms with Crippen molar-refractivity contribution in [3.8, 4) is 0 Å². The second-order valence-corrected chi connectivity index (χ2v) is 4.51. The maximum absolute atomic E-state index is 12.1. The first-order valence-corrected chi connectivity index (χ1v) is 6.30. The molecular formula is C12H24N2O2. The summed E-state index contributed by atoms with van der Waals surface area (Å²) < 4.78 is 5.20. The van der Waals surface area contributed by atoms with E-state index in [0.29, 0.717) is 12.6 Å². The van der Waals surface area contributed by atoms with Gasteiger partial charge in [0.2, 0.25) is 0 Å². The van der Waals surface area contributed by atoms with E-state index >= 15 is 0 Å². The summed E-state index contributed by atoms with van der Waals surface area (Å²) in [5.41, 5.74) is -0.462. The van der Waals surface area contributed by atoms with Gasteiger partial charge in [-0.2, -0.15) is 0 Å². The van der Waals surface area contributed by atoms with Crippen LogP contribution in [0.25, 0.3) is 0 Å². The second-order valence-electron chi connectivity index (χ2n) is 4.51. The number of ether oxygens (including phenoxy) is 1. The molecule has 1 fully saturated rings. The highest BCUT2D eigenvalue weighted by Crippen LogP contribution is 2.21. The molecule has 0 aromatic heterocycles. The fourth-order valence-electron chi connectivity index (χ4n) is 2.10. The van der Waals surface area contributed by atoms with Crippen molar-refractivity contribution in [2.75, 3.05) is 19.7 Å². The van der Waals surface area contributed by atoms with Gasteiger partial charge in [-0.1, -0.05) is 6.92 Å². The molecule has 0 radical (unpaired) electrons. The van der Waals surface area contributed by atoms with Crippen molar-refractivity contribution >= 4 is 5.97 Å². The van der Waals surface area contributed by atoms with E-state index < -0.39 is 5.54 Å². The van der Waals surface area contributed by atoms with Gasteiger partial charge in [0.05, 0.1) is 6.61 Å². The molecule has 2 N–H and O–H groups in total. The molecule has 4 nitrogen and oxygen atoms in total. The van der Waals surface area contributed by atoms with Crippen LogP contribution in [0.3, 0.4) is 0 Å². The monoisotopic (exact) mass is 228 g/mol. The van der Waals surface area contributed by atoms with Gasteiger partial charge in [-0.25, -0.2) is 0 Å². The summed E-state index contributed by atoms with van der Waals surface area (Å²) >= 11 is 0. The first-order valence-electron chi connectivity index (χ1n) is 6.30. The Hall–Kier alpha value is -0.610. The summed E-state index contributed by atoms with van der Waals surface area (Å²) in [4.78, 5) is 12.1. The lowest BCUT2D eigenvalue weighted by Gasteiger charge is -2.38. The molecule has 0 aromatic rings. The minimum atomic E-state index is -0.462. The molecule has 0 bridgehead atoms. The van der Waals surface area contributed by atoms with Crippen LogP contribution in [0.15, 0.2) is 0 Å². The smallest absolute Gasteiger partial charge is 0.326 e. The SMILES string of the molecule is CCOC(=O)C1(NC(C)CC)CCNCC1. The number of hydrogen-bond acceptors (Lipinski definition) is 4. The first kappa shape index (κ1) is 13.5. The fraction of sp³-hybridized carbons (Fsp3) is 0.917. The molecule has 16 heavy (non-hydrogen) atoms. The maximum Gasteiger partial charge on any atom is 0.326 e. The van der Waals surface area contributed by atoms with Gasteiger partial charge in [-0.05, 0) is 46.2 Å². The maximum atomic E-state index is 12.1. The Morgan fingerprint density at radius 3 is 2.56 bits per heavy atom. The van der Waals surface area contributed by atoms with Crippen LogP contribution in [0, 0.1) is 0 Å². The van der Waals surface area contributed by atoms with Crippen LogP contribution in [-0.4, -0.2) is 37.2 Å². The predicted octanol–water partition coefficient (Wildman–Crippen LogP) is 1.06.